The number of nitrogen functional groups attached to an aromatic ring is 1. The van der Waals surface area contributed by atoms with Crippen molar-refractivity contribution in [3.05, 3.63) is 18.0 Å². The van der Waals surface area contributed by atoms with Crippen molar-refractivity contribution in [1.29, 1.82) is 0 Å². The summed E-state index contributed by atoms with van der Waals surface area (Å²) < 4.78 is 16.2. The fourth-order valence-electron chi connectivity index (χ4n) is 3.10. The Morgan fingerprint density at radius 3 is 2.77 bits per heavy atom. The van der Waals surface area contributed by atoms with E-state index in [4.69, 9.17) is 19.6 Å². The van der Waals surface area contributed by atoms with Crippen molar-refractivity contribution < 1.29 is 23.8 Å². The standard InChI is InChI=1S/C17H22N4O5/c1-24-13-6-11(12(18)7-14(13)25-2)16-20-19-15(26-16)9-21-5-3-4-10(8-21)17(22)23/h6-7,10H,3-5,8-9,18H2,1-2H3,(H,22,23). The van der Waals surface area contributed by atoms with Gasteiger partial charge < -0.3 is 24.7 Å². The SMILES string of the molecule is COc1cc(N)c(-c2nnc(CN3CCCC(C(=O)O)C3)o2)cc1OC. The molecule has 0 radical (unpaired) electrons. The van der Waals surface area contributed by atoms with E-state index in [9.17, 15) is 9.90 Å². The summed E-state index contributed by atoms with van der Waals surface area (Å²) in [5, 5.41) is 17.3. The van der Waals surface area contributed by atoms with Crippen LogP contribution in [0.5, 0.6) is 11.5 Å². The quantitative estimate of drug-likeness (QED) is 0.738. The van der Waals surface area contributed by atoms with Crippen molar-refractivity contribution in [3.8, 4) is 23.0 Å². The summed E-state index contributed by atoms with van der Waals surface area (Å²) in [6, 6.07) is 3.33. The van der Waals surface area contributed by atoms with Crippen LogP contribution in [0, 0.1) is 5.92 Å². The number of carboxylic acids is 1. The highest BCUT2D eigenvalue weighted by Gasteiger charge is 2.26. The van der Waals surface area contributed by atoms with Crippen LogP contribution in [-0.2, 0) is 11.3 Å². The van der Waals surface area contributed by atoms with Gasteiger partial charge in [-0.2, -0.15) is 0 Å². The maximum Gasteiger partial charge on any atom is 0.307 e. The highest BCUT2D eigenvalue weighted by molar-refractivity contribution is 5.75. The first-order chi connectivity index (χ1) is 12.5. The van der Waals surface area contributed by atoms with Gasteiger partial charge in [-0.15, -0.1) is 10.2 Å². The summed E-state index contributed by atoms with van der Waals surface area (Å²) in [5.74, 6) is 0.607. The molecule has 0 spiro atoms. The topological polar surface area (TPSA) is 124 Å². The lowest BCUT2D eigenvalue weighted by Crippen LogP contribution is -2.38. The van der Waals surface area contributed by atoms with Gasteiger partial charge in [-0.05, 0) is 25.5 Å². The lowest BCUT2D eigenvalue weighted by molar-refractivity contribution is -0.143. The van der Waals surface area contributed by atoms with Crippen molar-refractivity contribution in [2.75, 3.05) is 33.0 Å². The first kappa shape index (κ1) is 18.0. The average molecular weight is 362 g/mol. The number of aliphatic carboxylic acids is 1. The van der Waals surface area contributed by atoms with Gasteiger partial charge in [0.15, 0.2) is 11.5 Å². The van der Waals surface area contributed by atoms with E-state index >= 15 is 0 Å². The molecule has 1 aromatic carbocycles. The van der Waals surface area contributed by atoms with Crippen LogP contribution >= 0.6 is 0 Å². The van der Waals surface area contributed by atoms with Crippen LogP contribution in [0.1, 0.15) is 18.7 Å². The Bertz CT molecular complexity index is 791. The van der Waals surface area contributed by atoms with Gasteiger partial charge in [0.25, 0.3) is 0 Å². The van der Waals surface area contributed by atoms with E-state index in [0.29, 0.717) is 48.2 Å². The van der Waals surface area contributed by atoms with Crippen LogP contribution in [0.25, 0.3) is 11.5 Å². The van der Waals surface area contributed by atoms with Crippen molar-refractivity contribution >= 4 is 11.7 Å². The lowest BCUT2D eigenvalue weighted by Gasteiger charge is -2.29. The minimum Gasteiger partial charge on any atom is -0.493 e. The van der Waals surface area contributed by atoms with Gasteiger partial charge in [0, 0.05) is 18.3 Å². The average Bonchev–Trinajstić information content (AvgIpc) is 3.09. The fraction of sp³-hybridized carbons (Fsp3) is 0.471. The summed E-state index contributed by atoms with van der Waals surface area (Å²) in [5.41, 5.74) is 7.05. The van der Waals surface area contributed by atoms with Gasteiger partial charge in [-0.3, -0.25) is 9.69 Å². The first-order valence-electron chi connectivity index (χ1n) is 8.31. The number of anilines is 1. The molecule has 1 unspecified atom stereocenters. The number of nitrogens with two attached hydrogens (primary N) is 1. The highest BCUT2D eigenvalue weighted by atomic mass is 16.5. The third-order valence-electron chi connectivity index (χ3n) is 4.47. The predicted molar refractivity (Wildman–Crippen MR) is 92.9 cm³/mol. The zero-order valence-corrected chi connectivity index (χ0v) is 14.8. The Morgan fingerprint density at radius 2 is 2.08 bits per heavy atom. The Labute approximate surface area is 150 Å². The second-order valence-electron chi connectivity index (χ2n) is 6.21. The molecule has 140 valence electrons. The number of ether oxygens (including phenoxy) is 2. The Hall–Kier alpha value is -2.81. The molecule has 0 bridgehead atoms. The van der Waals surface area contributed by atoms with Crippen LogP contribution in [0.4, 0.5) is 5.69 Å². The monoisotopic (exact) mass is 362 g/mol. The summed E-state index contributed by atoms with van der Waals surface area (Å²) >= 11 is 0. The molecule has 1 aliphatic heterocycles. The number of carboxylic acid groups (broad SMARTS) is 1. The number of hydrogen-bond donors (Lipinski definition) is 2. The number of nitrogens with zero attached hydrogens (tertiary/aromatic N) is 3. The van der Waals surface area contributed by atoms with E-state index in [-0.39, 0.29) is 11.8 Å². The normalized spacial score (nSPS) is 17.8. The van der Waals surface area contributed by atoms with Gasteiger partial charge in [-0.1, -0.05) is 0 Å². The molecule has 2 aromatic rings. The number of methoxy groups -OCH3 is 2. The molecule has 1 fully saturated rings. The van der Waals surface area contributed by atoms with E-state index in [1.54, 1.807) is 12.1 Å². The van der Waals surface area contributed by atoms with E-state index in [2.05, 4.69) is 10.2 Å². The Balaban J connectivity index is 1.77. The van der Waals surface area contributed by atoms with Crippen LogP contribution in [0.2, 0.25) is 0 Å². The van der Waals surface area contributed by atoms with Gasteiger partial charge in [0.2, 0.25) is 11.8 Å². The molecule has 9 heteroatoms. The molecule has 3 N–H and O–H groups in total. The molecule has 0 saturated carbocycles. The molecule has 0 aliphatic carbocycles. The maximum atomic E-state index is 11.2. The maximum absolute atomic E-state index is 11.2. The molecule has 9 nitrogen and oxygen atoms in total. The molecule has 1 aromatic heterocycles. The molecular formula is C17H22N4O5. The molecule has 1 saturated heterocycles. The highest BCUT2D eigenvalue weighted by Crippen LogP contribution is 2.36. The summed E-state index contributed by atoms with van der Waals surface area (Å²) in [4.78, 5) is 13.2. The number of hydrogen-bond acceptors (Lipinski definition) is 8. The molecule has 0 amide bonds. The number of piperidine rings is 1. The molecule has 1 aliphatic rings. The van der Waals surface area contributed by atoms with Crippen molar-refractivity contribution in [1.82, 2.24) is 15.1 Å². The number of carbonyl (C=O) groups is 1. The molecule has 26 heavy (non-hydrogen) atoms. The van der Waals surface area contributed by atoms with E-state index in [0.717, 1.165) is 13.0 Å². The Morgan fingerprint density at radius 1 is 1.35 bits per heavy atom. The van der Waals surface area contributed by atoms with E-state index < -0.39 is 5.97 Å². The van der Waals surface area contributed by atoms with Gasteiger partial charge in [0.05, 0.1) is 32.2 Å². The Kier molecular flexibility index (Phi) is 5.27. The second kappa shape index (κ2) is 7.61. The van der Waals surface area contributed by atoms with Gasteiger partial charge >= 0.3 is 5.97 Å². The molecule has 1 atom stereocenters. The third kappa shape index (κ3) is 3.72. The van der Waals surface area contributed by atoms with Crippen LogP contribution < -0.4 is 15.2 Å². The summed E-state index contributed by atoms with van der Waals surface area (Å²) in [6.07, 6.45) is 1.53. The smallest absolute Gasteiger partial charge is 0.307 e. The summed E-state index contributed by atoms with van der Waals surface area (Å²) in [6.45, 7) is 1.69. The van der Waals surface area contributed by atoms with Crippen LogP contribution in [0.3, 0.4) is 0 Å². The minimum atomic E-state index is -0.765. The largest absolute Gasteiger partial charge is 0.493 e. The first-order valence-corrected chi connectivity index (χ1v) is 8.31. The number of likely N-dealkylation sites (tertiary alicyclic amines) is 1. The van der Waals surface area contributed by atoms with Crippen molar-refractivity contribution in [2.24, 2.45) is 5.92 Å². The minimum absolute atomic E-state index is 0.283. The van der Waals surface area contributed by atoms with Crippen LogP contribution in [-0.4, -0.2) is 53.5 Å². The second-order valence-corrected chi connectivity index (χ2v) is 6.21. The molecule has 2 heterocycles. The van der Waals surface area contributed by atoms with Crippen molar-refractivity contribution in [3.63, 3.8) is 0 Å². The lowest BCUT2D eigenvalue weighted by atomic mass is 9.98. The van der Waals surface area contributed by atoms with Crippen molar-refractivity contribution in [2.45, 2.75) is 19.4 Å². The molecular weight excluding hydrogens is 340 g/mol. The fourth-order valence-corrected chi connectivity index (χ4v) is 3.10. The number of aromatic nitrogens is 2. The van der Waals surface area contributed by atoms with E-state index in [1.807, 2.05) is 4.90 Å². The van der Waals surface area contributed by atoms with E-state index in [1.165, 1.54) is 14.2 Å². The molecule has 3 rings (SSSR count). The van der Waals surface area contributed by atoms with Crippen LogP contribution in [0.15, 0.2) is 16.5 Å². The van der Waals surface area contributed by atoms with Gasteiger partial charge in [-0.25, -0.2) is 0 Å². The zero-order chi connectivity index (χ0) is 18.7. The third-order valence-corrected chi connectivity index (χ3v) is 4.47. The number of rotatable bonds is 6. The van der Waals surface area contributed by atoms with Gasteiger partial charge in [0.1, 0.15) is 0 Å². The zero-order valence-electron chi connectivity index (χ0n) is 14.8. The predicted octanol–water partition coefficient (Wildman–Crippen LogP) is 1.63. The summed E-state index contributed by atoms with van der Waals surface area (Å²) in [7, 11) is 3.07. The number of benzene rings is 1.